The number of carbonyl (C=O) groups excluding carboxylic acids is 2. The highest BCUT2D eigenvalue weighted by Gasteiger charge is 2.52. The normalized spacial score (nSPS) is 23.8. The number of imide groups is 1. The first kappa shape index (κ1) is 15.1. The van der Waals surface area contributed by atoms with E-state index in [2.05, 4.69) is 17.0 Å². The lowest BCUT2D eigenvalue weighted by Crippen LogP contribution is -2.35. The molecule has 0 spiro atoms. The molecule has 2 saturated heterocycles. The molecular weight excluding hydrogens is 300 g/mol. The van der Waals surface area contributed by atoms with E-state index in [1.165, 1.54) is 10.5 Å². The Balaban J connectivity index is 1.50. The first-order valence-corrected chi connectivity index (χ1v) is 8.34. The predicted molar refractivity (Wildman–Crippen MR) is 92.4 cm³/mol. The first-order chi connectivity index (χ1) is 11.6. The molecule has 2 fully saturated rings. The van der Waals surface area contributed by atoms with Gasteiger partial charge in [-0.25, -0.2) is 4.90 Å². The number of anilines is 1. The molecule has 2 aliphatic rings. The van der Waals surface area contributed by atoms with E-state index in [-0.39, 0.29) is 23.7 Å². The molecule has 2 aliphatic heterocycles. The van der Waals surface area contributed by atoms with Gasteiger partial charge in [0, 0.05) is 19.6 Å². The van der Waals surface area contributed by atoms with E-state index in [4.69, 9.17) is 0 Å². The summed E-state index contributed by atoms with van der Waals surface area (Å²) in [6.07, 6.45) is 0. The number of carbonyl (C=O) groups is 2. The largest absolute Gasteiger partial charge is 0.297 e. The fourth-order valence-corrected chi connectivity index (χ4v) is 3.75. The van der Waals surface area contributed by atoms with Gasteiger partial charge in [-0.3, -0.25) is 14.5 Å². The Morgan fingerprint density at radius 2 is 1.46 bits per heavy atom. The summed E-state index contributed by atoms with van der Waals surface area (Å²) in [4.78, 5) is 29.1. The number of rotatable bonds is 3. The number of benzene rings is 2. The van der Waals surface area contributed by atoms with Crippen molar-refractivity contribution in [2.75, 3.05) is 18.0 Å². The van der Waals surface area contributed by atoms with Gasteiger partial charge in [0.05, 0.1) is 17.5 Å². The third-order valence-corrected chi connectivity index (χ3v) is 5.01. The Bertz CT molecular complexity index is 746. The monoisotopic (exact) mass is 320 g/mol. The van der Waals surface area contributed by atoms with Crippen LogP contribution in [0.4, 0.5) is 5.69 Å². The van der Waals surface area contributed by atoms with E-state index < -0.39 is 0 Å². The van der Waals surface area contributed by atoms with Crippen molar-refractivity contribution < 1.29 is 9.59 Å². The number of nitrogens with zero attached hydrogens (tertiary/aromatic N) is 2. The van der Waals surface area contributed by atoms with E-state index in [1.807, 2.05) is 49.4 Å². The predicted octanol–water partition coefficient (Wildman–Crippen LogP) is 2.62. The molecule has 24 heavy (non-hydrogen) atoms. The van der Waals surface area contributed by atoms with Gasteiger partial charge < -0.3 is 0 Å². The molecule has 122 valence electrons. The van der Waals surface area contributed by atoms with Crippen molar-refractivity contribution in [2.45, 2.75) is 13.5 Å². The van der Waals surface area contributed by atoms with Gasteiger partial charge >= 0.3 is 0 Å². The summed E-state index contributed by atoms with van der Waals surface area (Å²) in [5, 5.41) is 0. The van der Waals surface area contributed by atoms with Crippen molar-refractivity contribution in [3.8, 4) is 0 Å². The molecule has 0 saturated carbocycles. The van der Waals surface area contributed by atoms with E-state index in [9.17, 15) is 9.59 Å². The van der Waals surface area contributed by atoms with Gasteiger partial charge in [-0.15, -0.1) is 0 Å². The third-order valence-electron chi connectivity index (χ3n) is 5.01. The van der Waals surface area contributed by atoms with Crippen LogP contribution >= 0.6 is 0 Å². The van der Waals surface area contributed by atoms with Gasteiger partial charge in [-0.1, -0.05) is 48.0 Å². The SMILES string of the molecule is Cc1ccc(N2C(=O)[C@H]3CN(Cc4ccccc4)C[C@H]3C2=O)cc1. The summed E-state index contributed by atoms with van der Waals surface area (Å²) >= 11 is 0. The van der Waals surface area contributed by atoms with E-state index >= 15 is 0 Å². The van der Waals surface area contributed by atoms with E-state index in [1.54, 1.807) is 0 Å². The van der Waals surface area contributed by atoms with E-state index in [0.717, 1.165) is 12.1 Å². The highest BCUT2D eigenvalue weighted by atomic mass is 16.2. The van der Waals surface area contributed by atoms with Crippen LogP contribution in [0.25, 0.3) is 0 Å². The van der Waals surface area contributed by atoms with Gasteiger partial charge in [-0.05, 0) is 24.6 Å². The van der Waals surface area contributed by atoms with Crippen LogP contribution in [0.3, 0.4) is 0 Å². The molecule has 4 rings (SSSR count). The van der Waals surface area contributed by atoms with Crippen LogP contribution in [0, 0.1) is 18.8 Å². The van der Waals surface area contributed by atoms with Crippen LogP contribution in [0.1, 0.15) is 11.1 Å². The minimum absolute atomic E-state index is 0.0515. The van der Waals surface area contributed by atoms with Crippen LogP contribution < -0.4 is 4.90 Å². The zero-order chi connectivity index (χ0) is 16.7. The van der Waals surface area contributed by atoms with Gasteiger partial charge in [0.15, 0.2) is 0 Å². The van der Waals surface area contributed by atoms with Crippen LogP contribution in [-0.4, -0.2) is 29.8 Å². The maximum atomic E-state index is 12.8. The maximum Gasteiger partial charge on any atom is 0.239 e. The van der Waals surface area contributed by atoms with Crippen molar-refractivity contribution in [1.82, 2.24) is 4.90 Å². The lowest BCUT2D eigenvalue weighted by Gasteiger charge is -2.20. The molecule has 4 nitrogen and oxygen atoms in total. The average Bonchev–Trinajstić information content (AvgIpc) is 3.10. The standard InChI is InChI=1S/C20H20N2O2/c1-14-7-9-16(10-8-14)22-19(23)17-12-21(13-18(17)20(22)24)11-15-5-3-2-4-6-15/h2-10,17-18H,11-13H2,1H3/t17-,18+. The first-order valence-electron chi connectivity index (χ1n) is 8.34. The minimum Gasteiger partial charge on any atom is -0.297 e. The second kappa shape index (κ2) is 5.87. The smallest absolute Gasteiger partial charge is 0.239 e. The van der Waals surface area contributed by atoms with Crippen molar-refractivity contribution in [3.05, 3.63) is 65.7 Å². The Hall–Kier alpha value is -2.46. The van der Waals surface area contributed by atoms with Gasteiger partial charge in [0.2, 0.25) is 11.8 Å². The molecule has 2 amide bonds. The highest BCUT2D eigenvalue weighted by Crippen LogP contribution is 2.36. The third kappa shape index (κ3) is 2.53. The Morgan fingerprint density at radius 3 is 2.04 bits per heavy atom. The molecule has 2 aromatic carbocycles. The quantitative estimate of drug-likeness (QED) is 0.816. The highest BCUT2D eigenvalue weighted by molar-refractivity contribution is 6.22. The molecule has 0 bridgehead atoms. The van der Waals surface area contributed by atoms with Crippen LogP contribution in [0.2, 0.25) is 0 Å². The van der Waals surface area contributed by atoms with Gasteiger partial charge in [-0.2, -0.15) is 0 Å². The average molecular weight is 320 g/mol. The summed E-state index contributed by atoms with van der Waals surface area (Å²) in [5.74, 6) is -0.515. The second-order valence-electron chi connectivity index (χ2n) is 6.74. The molecule has 2 heterocycles. The Kier molecular flexibility index (Phi) is 3.69. The number of hydrogen-bond acceptors (Lipinski definition) is 3. The number of amides is 2. The number of likely N-dealkylation sites (tertiary alicyclic amines) is 1. The van der Waals surface area contributed by atoms with Gasteiger partial charge in [0.1, 0.15) is 0 Å². The summed E-state index contributed by atoms with van der Waals surface area (Å²) in [7, 11) is 0. The number of hydrogen-bond donors (Lipinski definition) is 0. The fourth-order valence-electron chi connectivity index (χ4n) is 3.75. The maximum absolute atomic E-state index is 12.8. The lowest BCUT2D eigenvalue weighted by atomic mass is 10.00. The van der Waals surface area contributed by atoms with E-state index in [0.29, 0.717) is 18.8 Å². The second-order valence-corrected chi connectivity index (χ2v) is 6.74. The minimum atomic E-state index is -0.206. The molecule has 0 aromatic heterocycles. The van der Waals surface area contributed by atoms with Crippen molar-refractivity contribution in [1.29, 1.82) is 0 Å². The molecule has 2 atom stereocenters. The number of aryl methyl sites for hydroxylation is 1. The Morgan fingerprint density at radius 1 is 0.875 bits per heavy atom. The molecule has 4 heteroatoms. The number of fused-ring (bicyclic) bond motifs is 1. The molecule has 0 N–H and O–H groups in total. The van der Waals surface area contributed by atoms with Crippen molar-refractivity contribution >= 4 is 17.5 Å². The molecule has 0 unspecified atom stereocenters. The molecular formula is C20H20N2O2. The van der Waals surface area contributed by atoms with Crippen LogP contribution in [-0.2, 0) is 16.1 Å². The molecule has 2 aromatic rings. The topological polar surface area (TPSA) is 40.6 Å². The zero-order valence-corrected chi connectivity index (χ0v) is 13.7. The van der Waals surface area contributed by atoms with Crippen LogP contribution in [0.5, 0.6) is 0 Å². The summed E-state index contributed by atoms with van der Waals surface area (Å²) < 4.78 is 0. The lowest BCUT2D eigenvalue weighted by molar-refractivity contribution is -0.123. The summed E-state index contributed by atoms with van der Waals surface area (Å²) in [6.45, 7) is 4.10. The molecule has 0 radical (unpaired) electrons. The zero-order valence-electron chi connectivity index (χ0n) is 13.7. The summed E-state index contributed by atoms with van der Waals surface area (Å²) in [5.41, 5.74) is 3.03. The fraction of sp³-hybridized carbons (Fsp3) is 0.300. The Labute approximate surface area is 141 Å². The van der Waals surface area contributed by atoms with Crippen LogP contribution in [0.15, 0.2) is 54.6 Å². The van der Waals surface area contributed by atoms with Crippen molar-refractivity contribution in [2.24, 2.45) is 11.8 Å². The molecule has 0 aliphatic carbocycles. The van der Waals surface area contributed by atoms with Gasteiger partial charge in [0.25, 0.3) is 0 Å². The van der Waals surface area contributed by atoms with Crippen molar-refractivity contribution in [3.63, 3.8) is 0 Å². The summed E-state index contributed by atoms with van der Waals surface area (Å²) in [6, 6.07) is 17.8.